The molecule has 1 aromatic carbocycles. The normalized spacial score (nSPS) is 13.0. The predicted octanol–water partition coefficient (Wildman–Crippen LogP) is 2.91. The van der Waals surface area contributed by atoms with E-state index in [9.17, 15) is 23.1 Å². The lowest BCUT2D eigenvalue weighted by molar-refractivity contribution is -0.206. The summed E-state index contributed by atoms with van der Waals surface area (Å²) >= 11 is 0. The third kappa shape index (κ3) is 3.77. The number of H-pyrrole nitrogens is 1. The van der Waals surface area contributed by atoms with Crippen LogP contribution in [0.3, 0.4) is 0 Å². The standard InChI is InChI=1S/C16H12F3N3O3/c17-16(18,19)14(23)10-3-4-20-13(6-10)15(24)25-8-9-1-2-11-7-21-22-12(11)5-9/h1-7,14,23H,8H2,(H,21,22). The van der Waals surface area contributed by atoms with Gasteiger partial charge in [-0.3, -0.25) is 5.10 Å². The minimum absolute atomic E-state index is 0.0818. The molecular weight excluding hydrogens is 339 g/mol. The Morgan fingerprint density at radius 3 is 2.84 bits per heavy atom. The van der Waals surface area contributed by atoms with Gasteiger partial charge in [-0.15, -0.1) is 0 Å². The Balaban J connectivity index is 1.70. The first kappa shape index (κ1) is 16.9. The van der Waals surface area contributed by atoms with E-state index in [0.29, 0.717) is 5.56 Å². The number of pyridine rings is 1. The Kier molecular flexibility index (Phi) is 4.41. The fraction of sp³-hybridized carbons (Fsp3) is 0.188. The number of halogens is 3. The zero-order valence-corrected chi connectivity index (χ0v) is 12.6. The first-order chi connectivity index (χ1) is 11.8. The van der Waals surface area contributed by atoms with Gasteiger partial charge in [-0.1, -0.05) is 12.1 Å². The quantitative estimate of drug-likeness (QED) is 0.706. The number of rotatable bonds is 4. The molecule has 0 spiro atoms. The SMILES string of the molecule is O=C(OCc1ccc2cn[nH]c2c1)c1cc(C(O)C(F)(F)F)ccn1. The molecule has 0 fully saturated rings. The zero-order valence-electron chi connectivity index (χ0n) is 12.6. The van der Waals surface area contributed by atoms with Crippen molar-refractivity contribution in [2.75, 3.05) is 0 Å². The van der Waals surface area contributed by atoms with Crippen molar-refractivity contribution in [2.24, 2.45) is 0 Å². The number of aliphatic hydroxyl groups is 1. The summed E-state index contributed by atoms with van der Waals surface area (Å²) in [6, 6.07) is 7.12. The second-order valence-corrected chi connectivity index (χ2v) is 5.29. The van der Waals surface area contributed by atoms with Gasteiger partial charge < -0.3 is 9.84 Å². The lowest BCUT2D eigenvalue weighted by atomic mass is 10.1. The number of fused-ring (bicyclic) bond motifs is 1. The Labute approximate surface area is 139 Å². The number of nitrogens with zero attached hydrogens (tertiary/aromatic N) is 2. The molecule has 6 nitrogen and oxygen atoms in total. The lowest BCUT2D eigenvalue weighted by Crippen LogP contribution is -2.21. The Morgan fingerprint density at radius 2 is 2.08 bits per heavy atom. The van der Waals surface area contributed by atoms with Crippen LogP contribution in [-0.4, -0.2) is 32.4 Å². The smallest absolute Gasteiger partial charge is 0.418 e. The number of aromatic amines is 1. The Hall–Kier alpha value is -2.94. The third-order valence-electron chi connectivity index (χ3n) is 3.50. The van der Waals surface area contributed by atoms with Crippen molar-refractivity contribution in [3.63, 3.8) is 0 Å². The van der Waals surface area contributed by atoms with Gasteiger partial charge in [0, 0.05) is 11.6 Å². The maximum atomic E-state index is 12.5. The molecule has 1 atom stereocenters. The number of nitrogens with one attached hydrogen (secondary N) is 1. The lowest BCUT2D eigenvalue weighted by Gasteiger charge is -2.15. The van der Waals surface area contributed by atoms with E-state index in [0.717, 1.165) is 29.2 Å². The molecule has 1 unspecified atom stereocenters. The van der Waals surface area contributed by atoms with Gasteiger partial charge in [-0.05, 0) is 29.3 Å². The van der Waals surface area contributed by atoms with Crippen LogP contribution in [0, 0.1) is 0 Å². The largest absolute Gasteiger partial charge is 0.456 e. The molecule has 0 saturated carbocycles. The highest BCUT2D eigenvalue weighted by atomic mass is 19.4. The number of ether oxygens (including phenoxy) is 1. The van der Waals surface area contributed by atoms with E-state index in [2.05, 4.69) is 15.2 Å². The average molecular weight is 351 g/mol. The molecule has 0 aliphatic carbocycles. The number of alkyl halides is 3. The second kappa shape index (κ2) is 6.52. The van der Waals surface area contributed by atoms with Crippen molar-refractivity contribution < 1.29 is 27.8 Å². The van der Waals surface area contributed by atoms with E-state index in [1.165, 1.54) is 0 Å². The van der Waals surface area contributed by atoms with Crippen LogP contribution < -0.4 is 0 Å². The number of esters is 1. The monoisotopic (exact) mass is 351 g/mol. The van der Waals surface area contributed by atoms with E-state index >= 15 is 0 Å². The molecule has 130 valence electrons. The van der Waals surface area contributed by atoms with E-state index in [4.69, 9.17) is 4.74 Å². The van der Waals surface area contributed by atoms with Gasteiger partial charge >= 0.3 is 12.1 Å². The minimum Gasteiger partial charge on any atom is -0.456 e. The molecule has 0 amide bonds. The van der Waals surface area contributed by atoms with Crippen LogP contribution in [0.4, 0.5) is 13.2 Å². The van der Waals surface area contributed by atoms with Gasteiger partial charge in [0.25, 0.3) is 0 Å². The van der Waals surface area contributed by atoms with Crippen molar-refractivity contribution in [3.05, 3.63) is 59.5 Å². The van der Waals surface area contributed by atoms with Crippen LogP contribution in [0.2, 0.25) is 0 Å². The van der Waals surface area contributed by atoms with Gasteiger partial charge in [0.05, 0.1) is 11.7 Å². The fourth-order valence-electron chi connectivity index (χ4n) is 2.21. The van der Waals surface area contributed by atoms with Crippen molar-refractivity contribution in [3.8, 4) is 0 Å². The molecule has 0 bridgehead atoms. The fourth-order valence-corrected chi connectivity index (χ4v) is 2.21. The van der Waals surface area contributed by atoms with E-state index in [1.54, 1.807) is 24.4 Å². The summed E-state index contributed by atoms with van der Waals surface area (Å²) in [7, 11) is 0. The first-order valence-electron chi connectivity index (χ1n) is 7.14. The molecular formula is C16H12F3N3O3. The van der Waals surface area contributed by atoms with Crippen LogP contribution in [0.5, 0.6) is 0 Å². The average Bonchev–Trinajstić information content (AvgIpc) is 3.06. The number of hydrogen-bond donors (Lipinski definition) is 2. The first-order valence-corrected chi connectivity index (χ1v) is 7.14. The summed E-state index contributed by atoms with van der Waals surface area (Å²) in [4.78, 5) is 15.7. The molecule has 0 aliphatic rings. The molecule has 0 aliphatic heterocycles. The summed E-state index contributed by atoms with van der Waals surface area (Å²) in [6.45, 7) is -0.0818. The highest BCUT2D eigenvalue weighted by Crippen LogP contribution is 2.32. The zero-order chi connectivity index (χ0) is 18.0. The van der Waals surface area contributed by atoms with Gasteiger partial charge in [0.1, 0.15) is 12.3 Å². The van der Waals surface area contributed by atoms with Gasteiger partial charge in [-0.25, -0.2) is 9.78 Å². The molecule has 0 saturated heterocycles. The number of aromatic nitrogens is 3. The van der Waals surface area contributed by atoms with Gasteiger partial charge in [0.15, 0.2) is 6.10 Å². The minimum atomic E-state index is -4.83. The van der Waals surface area contributed by atoms with Crippen LogP contribution in [-0.2, 0) is 11.3 Å². The molecule has 25 heavy (non-hydrogen) atoms. The molecule has 9 heteroatoms. The van der Waals surface area contributed by atoms with Crippen molar-refractivity contribution in [2.45, 2.75) is 18.9 Å². The number of carbonyl (C=O) groups excluding carboxylic acids is 1. The topological polar surface area (TPSA) is 88.1 Å². The highest BCUT2D eigenvalue weighted by molar-refractivity contribution is 5.87. The third-order valence-corrected chi connectivity index (χ3v) is 3.50. The van der Waals surface area contributed by atoms with Crippen molar-refractivity contribution >= 4 is 16.9 Å². The maximum Gasteiger partial charge on any atom is 0.418 e. The second-order valence-electron chi connectivity index (χ2n) is 5.29. The summed E-state index contributed by atoms with van der Waals surface area (Å²) in [5.74, 6) is -0.888. The summed E-state index contributed by atoms with van der Waals surface area (Å²) in [6.07, 6.45) is -4.86. The van der Waals surface area contributed by atoms with Crippen LogP contribution >= 0.6 is 0 Å². The molecule has 3 aromatic rings. The molecule has 3 rings (SSSR count). The number of carbonyl (C=O) groups is 1. The van der Waals surface area contributed by atoms with E-state index in [-0.39, 0.29) is 12.3 Å². The van der Waals surface area contributed by atoms with Crippen molar-refractivity contribution in [1.29, 1.82) is 0 Å². The van der Waals surface area contributed by atoms with E-state index in [1.807, 2.05) is 0 Å². The van der Waals surface area contributed by atoms with E-state index < -0.39 is 23.8 Å². The van der Waals surface area contributed by atoms with Gasteiger partial charge in [0.2, 0.25) is 0 Å². The highest BCUT2D eigenvalue weighted by Gasteiger charge is 2.39. The van der Waals surface area contributed by atoms with Crippen LogP contribution in [0.25, 0.3) is 10.9 Å². The summed E-state index contributed by atoms with van der Waals surface area (Å²) in [5, 5.41) is 16.8. The number of benzene rings is 1. The van der Waals surface area contributed by atoms with Crippen LogP contribution in [0.1, 0.15) is 27.7 Å². The molecule has 2 heterocycles. The molecule has 2 N–H and O–H groups in total. The number of hydrogen-bond acceptors (Lipinski definition) is 5. The van der Waals surface area contributed by atoms with Crippen molar-refractivity contribution in [1.82, 2.24) is 15.2 Å². The number of aliphatic hydroxyl groups excluding tert-OH is 1. The predicted molar refractivity (Wildman–Crippen MR) is 80.5 cm³/mol. The summed E-state index contributed by atoms with van der Waals surface area (Å²) in [5.41, 5.74) is 0.648. The molecule has 0 radical (unpaired) electrons. The Morgan fingerprint density at radius 1 is 1.28 bits per heavy atom. The molecule has 2 aromatic heterocycles. The van der Waals surface area contributed by atoms with Crippen LogP contribution in [0.15, 0.2) is 42.7 Å². The van der Waals surface area contributed by atoms with Gasteiger partial charge in [-0.2, -0.15) is 18.3 Å². The maximum absolute atomic E-state index is 12.5. The summed E-state index contributed by atoms with van der Waals surface area (Å²) < 4.78 is 42.7. The Bertz CT molecular complexity index is 908.